The van der Waals surface area contributed by atoms with Gasteiger partial charge in [-0.25, -0.2) is 39.9 Å². The number of aliphatic hydroxyl groups is 2. The number of carbonyl (C=O) groups is 4. The third-order valence-electron chi connectivity index (χ3n) is 19.8. The minimum absolute atomic E-state index is 0.0275. The first-order valence-electron chi connectivity index (χ1n) is 40.0. The number of nitrogens with one attached hydrogen (secondary N) is 8. The molecule has 5 aromatic heterocycles. The fourth-order valence-corrected chi connectivity index (χ4v) is 13.5. The number of furan rings is 1. The van der Waals surface area contributed by atoms with Crippen molar-refractivity contribution in [3.63, 3.8) is 0 Å². The van der Waals surface area contributed by atoms with E-state index < -0.39 is 0 Å². The van der Waals surface area contributed by atoms with Crippen molar-refractivity contribution in [2.75, 3.05) is 151 Å². The summed E-state index contributed by atoms with van der Waals surface area (Å²) in [5.74, 6) is 2.41. The average molecular weight is 1640 g/mol. The molecular weight excluding hydrogens is 1540 g/mol. The molecule has 31 heteroatoms. The van der Waals surface area contributed by atoms with Gasteiger partial charge in [0.2, 0.25) is 41.5 Å². The fraction of sp³-hybridized carbons (Fsp3) is 0.209. The standard InChI is InChI=1S/2C24H28N6O2.C22H24N6O2.C21H17N5O2/c25-19-4-1-5-21(13-19)28-24-26-11-10-22(29-24)18-6-8-20(9-7-18)27-23(32)15-30-12-2-3-17(14-30)16-31;25-19-2-1-3-21(14-19)28-24-26-11-8-22(29-24)18-4-6-20(7-5-18)27-23(32)15-30-12-9-17(16-31)10-13-30;23-17-2-1-3-19(14-17)26-22-24-9-8-20(27-22)16-4-6-18(7-5-16)25-21(29)15-28-10-12-30-13-11-28;22-15-3-1-4-17(13-15)25-21-23-11-10-18(26-21)14-6-8-16(9-7-14)24-20(27)19-5-2-12-28-19/h1,4-11,13,17,31H,2-3,12,14-16,25H2,(H,27,32)(H,26,28,29);1-8,11,14,17,31H,9-10,12-13,15-16,25H2,(H,27,32)(H,26,28,29);1-9,14H,10-13,15,23H2,(H,25,29)(H,24,26,27);1-13H,22H2,(H,24,27)(H,23,25,26). The van der Waals surface area contributed by atoms with Gasteiger partial charge in [-0.3, -0.25) is 33.9 Å². The van der Waals surface area contributed by atoms with Crippen LogP contribution in [0, 0.1) is 11.8 Å². The third kappa shape index (κ3) is 26.5. The normalized spacial score (nSPS) is 14.1. The van der Waals surface area contributed by atoms with Gasteiger partial charge >= 0.3 is 0 Å². The number of benzene rings is 8. The quantitative estimate of drug-likeness (QED) is 0.0236. The Morgan fingerprint density at radius 3 is 1.02 bits per heavy atom. The van der Waals surface area contributed by atoms with Gasteiger partial charge in [0.05, 0.1) is 61.9 Å². The van der Waals surface area contributed by atoms with Crippen molar-refractivity contribution in [3.05, 3.63) is 267 Å². The number of nitrogens with two attached hydrogens (primary N) is 4. The van der Waals surface area contributed by atoms with Crippen LogP contribution in [0.4, 0.5) is 92.0 Å². The Kier molecular flexibility index (Phi) is 30.2. The second-order valence-electron chi connectivity index (χ2n) is 29.2. The van der Waals surface area contributed by atoms with Crippen molar-refractivity contribution in [1.29, 1.82) is 0 Å². The Bertz CT molecular complexity index is 5570. The van der Waals surface area contributed by atoms with E-state index in [0.717, 1.165) is 150 Å². The molecule has 3 aliphatic rings. The minimum Gasteiger partial charge on any atom is -0.459 e. The van der Waals surface area contributed by atoms with Crippen LogP contribution >= 0.6 is 0 Å². The zero-order valence-electron chi connectivity index (χ0n) is 67.1. The lowest BCUT2D eigenvalue weighted by Gasteiger charge is -2.31. The molecule has 8 heterocycles. The van der Waals surface area contributed by atoms with E-state index in [0.29, 0.717) is 91.0 Å². The number of anilines is 16. The van der Waals surface area contributed by atoms with Gasteiger partial charge in [-0.1, -0.05) is 72.8 Å². The molecule has 8 aromatic carbocycles. The van der Waals surface area contributed by atoms with Crippen LogP contribution in [0.1, 0.15) is 36.2 Å². The number of nitrogen functional groups attached to an aromatic ring is 4. The predicted octanol–water partition coefficient (Wildman–Crippen LogP) is 13.3. The summed E-state index contributed by atoms with van der Waals surface area (Å²) in [6.07, 6.45) is 12.2. The Hall–Kier alpha value is -14.6. The molecule has 3 fully saturated rings. The van der Waals surface area contributed by atoms with E-state index in [-0.39, 0.29) is 48.5 Å². The first-order valence-corrected chi connectivity index (χ1v) is 40.0. The van der Waals surface area contributed by atoms with Crippen LogP contribution in [-0.4, -0.2) is 174 Å². The maximum atomic E-state index is 12.4. The molecule has 624 valence electrons. The van der Waals surface area contributed by atoms with Gasteiger partial charge in [0.15, 0.2) is 5.76 Å². The van der Waals surface area contributed by atoms with Crippen LogP contribution in [0.2, 0.25) is 0 Å². The molecule has 0 spiro atoms. The van der Waals surface area contributed by atoms with Gasteiger partial charge in [-0.2, -0.15) is 0 Å². The second kappa shape index (κ2) is 43.2. The number of likely N-dealkylation sites (tertiary alicyclic amines) is 2. The number of piperidine rings is 2. The molecule has 0 bridgehead atoms. The summed E-state index contributed by atoms with van der Waals surface area (Å²) in [6.45, 7) is 7.75. The zero-order chi connectivity index (χ0) is 84.8. The summed E-state index contributed by atoms with van der Waals surface area (Å²) in [6, 6.07) is 70.4. The van der Waals surface area contributed by atoms with E-state index in [4.69, 9.17) is 32.1 Å². The van der Waals surface area contributed by atoms with E-state index in [9.17, 15) is 29.4 Å². The summed E-state index contributed by atoms with van der Waals surface area (Å²) in [5.41, 5.74) is 38.8. The minimum atomic E-state index is -0.298. The summed E-state index contributed by atoms with van der Waals surface area (Å²) >= 11 is 0. The molecule has 3 saturated heterocycles. The summed E-state index contributed by atoms with van der Waals surface area (Å²) < 4.78 is 10.4. The second-order valence-corrected chi connectivity index (χ2v) is 29.2. The lowest BCUT2D eigenvalue weighted by molar-refractivity contribution is -0.119. The molecule has 0 radical (unpaired) electrons. The lowest BCUT2D eigenvalue weighted by Crippen LogP contribution is -2.41. The van der Waals surface area contributed by atoms with E-state index in [1.165, 1.54) is 6.26 Å². The van der Waals surface area contributed by atoms with Crippen molar-refractivity contribution in [2.24, 2.45) is 11.8 Å². The molecule has 18 N–H and O–H groups in total. The number of amides is 4. The molecular formula is C91H97N23O8. The fourth-order valence-electron chi connectivity index (χ4n) is 13.5. The number of hydrogen-bond acceptors (Lipinski definition) is 27. The molecule has 3 aliphatic heterocycles. The van der Waals surface area contributed by atoms with Crippen LogP contribution in [0.25, 0.3) is 45.0 Å². The maximum Gasteiger partial charge on any atom is 0.291 e. The van der Waals surface area contributed by atoms with Gasteiger partial charge in [0, 0.05) is 148 Å². The molecule has 31 nitrogen and oxygen atoms in total. The van der Waals surface area contributed by atoms with Gasteiger partial charge < -0.3 is 84.8 Å². The number of ether oxygens (including phenoxy) is 1. The van der Waals surface area contributed by atoms with Crippen LogP contribution in [-0.2, 0) is 19.1 Å². The van der Waals surface area contributed by atoms with Gasteiger partial charge in [0.1, 0.15) is 0 Å². The number of aromatic nitrogens is 8. The predicted molar refractivity (Wildman–Crippen MR) is 479 cm³/mol. The number of carbonyl (C=O) groups excluding carboxylic acids is 4. The van der Waals surface area contributed by atoms with Crippen molar-refractivity contribution >= 4 is 116 Å². The smallest absolute Gasteiger partial charge is 0.291 e. The average Bonchev–Trinajstić information content (AvgIpc) is 0.891. The van der Waals surface area contributed by atoms with Crippen LogP contribution in [0.5, 0.6) is 0 Å². The highest BCUT2D eigenvalue weighted by Gasteiger charge is 2.23. The monoisotopic (exact) mass is 1640 g/mol. The zero-order valence-corrected chi connectivity index (χ0v) is 67.1. The SMILES string of the molecule is Nc1cccc(Nc2nccc(-c3ccc(NC(=O)CN4CCC(CO)CC4)cc3)n2)c1.Nc1cccc(Nc2nccc(-c3ccc(NC(=O)CN4CCCC(CO)C4)cc3)n2)c1.Nc1cccc(Nc2nccc(-c3ccc(NC(=O)CN4CCOCC4)cc3)n2)c1.Nc1cccc(Nc2nccc(-c3ccc(NC(=O)c4ccco4)cc3)n2)c1. The van der Waals surface area contributed by atoms with Crippen molar-refractivity contribution < 1.29 is 38.5 Å². The number of rotatable bonds is 25. The van der Waals surface area contributed by atoms with Crippen LogP contribution in [0.15, 0.2) is 266 Å². The Morgan fingerprint density at radius 1 is 0.361 bits per heavy atom. The van der Waals surface area contributed by atoms with Gasteiger partial charge in [0.25, 0.3) is 5.91 Å². The topological polar surface area (TPSA) is 444 Å². The number of hydrogen-bond donors (Lipinski definition) is 14. The molecule has 0 aliphatic carbocycles. The molecule has 16 rings (SSSR count). The summed E-state index contributed by atoms with van der Waals surface area (Å²) in [7, 11) is 0. The number of morpholine rings is 1. The Morgan fingerprint density at radius 2 is 0.697 bits per heavy atom. The van der Waals surface area contributed by atoms with E-state index >= 15 is 0 Å². The van der Waals surface area contributed by atoms with Crippen molar-refractivity contribution in [1.82, 2.24) is 54.6 Å². The van der Waals surface area contributed by atoms with E-state index in [2.05, 4.69) is 97.1 Å². The molecule has 122 heavy (non-hydrogen) atoms. The summed E-state index contributed by atoms with van der Waals surface area (Å²) in [5, 5.41) is 42.8. The first kappa shape index (κ1) is 85.3. The molecule has 1 atom stereocenters. The summed E-state index contributed by atoms with van der Waals surface area (Å²) in [4.78, 5) is 90.7. The van der Waals surface area contributed by atoms with E-state index in [1.54, 1.807) is 36.9 Å². The van der Waals surface area contributed by atoms with Crippen LogP contribution in [0.3, 0.4) is 0 Å². The Labute approximate surface area is 705 Å². The highest BCUT2D eigenvalue weighted by molar-refractivity contribution is 6.02. The van der Waals surface area contributed by atoms with Gasteiger partial charge in [-0.05, 0) is 215 Å². The largest absolute Gasteiger partial charge is 0.459 e. The first-order chi connectivity index (χ1) is 59.5. The molecule has 13 aromatic rings. The highest BCUT2D eigenvalue weighted by atomic mass is 16.5. The van der Waals surface area contributed by atoms with Crippen LogP contribution < -0.4 is 65.5 Å². The molecule has 0 saturated carbocycles. The highest BCUT2D eigenvalue weighted by Crippen LogP contribution is 2.29. The number of aliphatic hydroxyl groups excluding tert-OH is 2. The van der Waals surface area contributed by atoms with Gasteiger partial charge in [-0.15, -0.1) is 0 Å². The van der Waals surface area contributed by atoms with Crippen molar-refractivity contribution in [2.45, 2.75) is 25.7 Å². The lowest BCUT2D eigenvalue weighted by atomic mass is 9.98. The Balaban J connectivity index is 0.000000140. The van der Waals surface area contributed by atoms with E-state index in [1.807, 2.05) is 218 Å². The molecule has 4 amide bonds. The third-order valence-corrected chi connectivity index (χ3v) is 19.8. The number of nitrogens with zero attached hydrogens (tertiary/aromatic N) is 11. The maximum absolute atomic E-state index is 12.4. The van der Waals surface area contributed by atoms with Crippen molar-refractivity contribution in [3.8, 4) is 45.0 Å². The molecule has 1 unspecified atom stereocenters.